The molecule has 0 bridgehead atoms. The van der Waals surface area contributed by atoms with Crippen molar-refractivity contribution in [2.45, 2.75) is 19.8 Å². The second-order valence-corrected chi connectivity index (χ2v) is 7.32. The molecule has 1 N–H and O–H groups in total. The normalized spacial score (nSPS) is 11.2. The van der Waals surface area contributed by atoms with Crippen molar-refractivity contribution >= 4 is 21.6 Å². The first-order valence-electron chi connectivity index (χ1n) is 7.80. The average molecular weight is 350 g/mol. The SMILES string of the molecule is CCN(c1ccc(C(=O)NCCCc2ccco2)cc1)S(C)(=O)=O. The number of hydrogen-bond donors (Lipinski definition) is 1. The maximum absolute atomic E-state index is 12.1. The monoisotopic (exact) mass is 350 g/mol. The molecule has 0 saturated heterocycles. The van der Waals surface area contributed by atoms with E-state index in [1.165, 1.54) is 4.31 Å². The largest absolute Gasteiger partial charge is 0.469 e. The Morgan fingerprint density at radius 2 is 1.92 bits per heavy atom. The predicted molar refractivity (Wildman–Crippen MR) is 93.7 cm³/mol. The molecule has 0 radical (unpaired) electrons. The summed E-state index contributed by atoms with van der Waals surface area (Å²) >= 11 is 0. The van der Waals surface area contributed by atoms with Crippen LogP contribution in [0.25, 0.3) is 0 Å². The molecule has 0 saturated carbocycles. The fourth-order valence-corrected chi connectivity index (χ4v) is 3.38. The Labute approximate surface area is 142 Å². The summed E-state index contributed by atoms with van der Waals surface area (Å²) in [7, 11) is -3.32. The van der Waals surface area contributed by atoms with E-state index in [4.69, 9.17) is 4.42 Å². The number of sulfonamides is 1. The molecule has 2 rings (SSSR count). The first-order valence-corrected chi connectivity index (χ1v) is 9.65. The molecule has 2 aromatic rings. The number of aryl methyl sites for hydroxylation is 1. The molecule has 1 aromatic heterocycles. The third-order valence-electron chi connectivity index (χ3n) is 3.57. The molecule has 1 amide bonds. The smallest absolute Gasteiger partial charge is 0.251 e. The van der Waals surface area contributed by atoms with Gasteiger partial charge in [0.05, 0.1) is 18.2 Å². The lowest BCUT2D eigenvalue weighted by Gasteiger charge is -2.20. The van der Waals surface area contributed by atoms with E-state index in [2.05, 4.69) is 5.32 Å². The molecular formula is C17H22N2O4S. The van der Waals surface area contributed by atoms with Gasteiger partial charge in [0.15, 0.2) is 0 Å². The van der Waals surface area contributed by atoms with Crippen LogP contribution in [0.15, 0.2) is 47.1 Å². The number of amides is 1. The summed E-state index contributed by atoms with van der Waals surface area (Å²) < 4.78 is 29.9. The van der Waals surface area contributed by atoms with Gasteiger partial charge in [-0.1, -0.05) is 0 Å². The van der Waals surface area contributed by atoms with Crippen molar-refractivity contribution in [3.05, 3.63) is 54.0 Å². The summed E-state index contributed by atoms with van der Waals surface area (Å²) in [5.41, 5.74) is 1.05. The molecule has 0 unspecified atom stereocenters. The average Bonchev–Trinajstić information content (AvgIpc) is 3.04. The van der Waals surface area contributed by atoms with Gasteiger partial charge in [0, 0.05) is 25.1 Å². The molecule has 1 heterocycles. The van der Waals surface area contributed by atoms with Crippen LogP contribution < -0.4 is 9.62 Å². The third kappa shape index (κ3) is 4.86. The second kappa shape index (κ2) is 8.01. The maximum atomic E-state index is 12.1. The summed E-state index contributed by atoms with van der Waals surface area (Å²) in [6.07, 6.45) is 4.35. The van der Waals surface area contributed by atoms with Gasteiger partial charge < -0.3 is 9.73 Å². The van der Waals surface area contributed by atoms with Gasteiger partial charge in [0.1, 0.15) is 5.76 Å². The Bertz CT molecular complexity index is 752. The molecule has 24 heavy (non-hydrogen) atoms. The number of nitrogens with zero attached hydrogens (tertiary/aromatic N) is 1. The minimum absolute atomic E-state index is 0.177. The van der Waals surface area contributed by atoms with Gasteiger partial charge in [0.25, 0.3) is 5.91 Å². The summed E-state index contributed by atoms with van der Waals surface area (Å²) in [6.45, 7) is 2.66. The van der Waals surface area contributed by atoms with Crippen LogP contribution in [-0.4, -0.2) is 33.7 Å². The van der Waals surface area contributed by atoms with E-state index in [1.807, 2.05) is 12.1 Å². The molecule has 0 aliphatic carbocycles. The van der Waals surface area contributed by atoms with Gasteiger partial charge in [0.2, 0.25) is 10.0 Å². The molecule has 1 aromatic carbocycles. The Balaban J connectivity index is 1.89. The molecule has 7 heteroatoms. The lowest BCUT2D eigenvalue weighted by molar-refractivity contribution is 0.0953. The molecule has 0 fully saturated rings. The quantitative estimate of drug-likeness (QED) is 0.742. The molecule has 0 atom stereocenters. The molecule has 130 valence electrons. The van der Waals surface area contributed by atoms with Gasteiger partial charge >= 0.3 is 0 Å². The number of carbonyl (C=O) groups excluding carboxylic acids is 1. The Morgan fingerprint density at radius 1 is 1.21 bits per heavy atom. The summed E-state index contributed by atoms with van der Waals surface area (Å²) in [6, 6.07) is 10.3. The van der Waals surface area contributed by atoms with E-state index in [9.17, 15) is 13.2 Å². The minimum Gasteiger partial charge on any atom is -0.469 e. The zero-order valence-electron chi connectivity index (χ0n) is 13.9. The van der Waals surface area contributed by atoms with Gasteiger partial charge in [-0.3, -0.25) is 9.10 Å². The van der Waals surface area contributed by atoms with E-state index >= 15 is 0 Å². The number of nitrogens with one attached hydrogen (secondary N) is 1. The van der Waals surface area contributed by atoms with Crippen molar-refractivity contribution in [3.63, 3.8) is 0 Å². The Hall–Kier alpha value is -2.28. The van der Waals surface area contributed by atoms with E-state index in [0.29, 0.717) is 24.3 Å². The van der Waals surface area contributed by atoms with E-state index in [0.717, 1.165) is 24.9 Å². The minimum atomic E-state index is -3.32. The van der Waals surface area contributed by atoms with Crippen LogP contribution in [0, 0.1) is 0 Å². The Kier molecular flexibility index (Phi) is 6.03. The van der Waals surface area contributed by atoms with Crippen molar-refractivity contribution in [1.29, 1.82) is 0 Å². The zero-order valence-corrected chi connectivity index (χ0v) is 14.7. The highest BCUT2D eigenvalue weighted by atomic mass is 32.2. The summed E-state index contributed by atoms with van der Waals surface area (Å²) in [5.74, 6) is 0.720. The fraction of sp³-hybridized carbons (Fsp3) is 0.353. The maximum Gasteiger partial charge on any atom is 0.251 e. The second-order valence-electron chi connectivity index (χ2n) is 5.41. The predicted octanol–water partition coefficient (Wildman–Crippen LogP) is 2.43. The topological polar surface area (TPSA) is 79.6 Å². The van der Waals surface area contributed by atoms with Crippen molar-refractivity contribution < 1.29 is 17.6 Å². The lowest BCUT2D eigenvalue weighted by atomic mass is 10.2. The standard InChI is InChI=1S/C17H22N2O4S/c1-3-19(24(2,21)22)15-10-8-14(9-11-15)17(20)18-12-4-6-16-7-5-13-23-16/h5,7-11,13H,3-4,6,12H2,1-2H3,(H,18,20). The van der Waals surface area contributed by atoms with Crippen LogP contribution in [0.4, 0.5) is 5.69 Å². The highest BCUT2D eigenvalue weighted by Crippen LogP contribution is 2.18. The van der Waals surface area contributed by atoms with Crippen LogP contribution in [0.2, 0.25) is 0 Å². The van der Waals surface area contributed by atoms with Crippen LogP contribution in [0.5, 0.6) is 0 Å². The van der Waals surface area contributed by atoms with Crippen LogP contribution >= 0.6 is 0 Å². The summed E-state index contributed by atoms with van der Waals surface area (Å²) in [5, 5.41) is 2.84. The highest BCUT2D eigenvalue weighted by Gasteiger charge is 2.15. The zero-order chi connectivity index (χ0) is 17.6. The van der Waals surface area contributed by atoms with Crippen LogP contribution in [0.3, 0.4) is 0 Å². The van der Waals surface area contributed by atoms with Gasteiger partial charge in [-0.2, -0.15) is 0 Å². The number of carbonyl (C=O) groups is 1. The molecule has 0 aliphatic rings. The van der Waals surface area contributed by atoms with Crippen molar-refractivity contribution in [2.75, 3.05) is 23.7 Å². The van der Waals surface area contributed by atoms with Crippen molar-refractivity contribution in [3.8, 4) is 0 Å². The fourth-order valence-electron chi connectivity index (χ4n) is 2.41. The highest BCUT2D eigenvalue weighted by molar-refractivity contribution is 7.92. The summed E-state index contributed by atoms with van der Waals surface area (Å²) in [4.78, 5) is 12.1. The third-order valence-corrected chi connectivity index (χ3v) is 4.84. The number of furan rings is 1. The van der Waals surface area contributed by atoms with Crippen molar-refractivity contribution in [2.24, 2.45) is 0 Å². The lowest BCUT2D eigenvalue weighted by Crippen LogP contribution is -2.29. The van der Waals surface area contributed by atoms with Gasteiger partial charge in [-0.05, 0) is 49.7 Å². The number of anilines is 1. The van der Waals surface area contributed by atoms with Gasteiger partial charge in [-0.15, -0.1) is 0 Å². The molecule has 6 nitrogen and oxygen atoms in total. The van der Waals surface area contributed by atoms with Crippen molar-refractivity contribution in [1.82, 2.24) is 5.32 Å². The first-order chi connectivity index (χ1) is 11.4. The van der Waals surface area contributed by atoms with E-state index < -0.39 is 10.0 Å². The molecule has 0 aliphatic heterocycles. The van der Waals surface area contributed by atoms with E-state index in [-0.39, 0.29) is 5.91 Å². The first kappa shape index (κ1) is 18.1. The molecular weight excluding hydrogens is 328 g/mol. The Morgan fingerprint density at radius 3 is 2.46 bits per heavy atom. The van der Waals surface area contributed by atoms with Crippen LogP contribution in [-0.2, 0) is 16.4 Å². The van der Waals surface area contributed by atoms with E-state index in [1.54, 1.807) is 37.5 Å². The molecule has 0 spiro atoms. The number of hydrogen-bond acceptors (Lipinski definition) is 4. The van der Waals surface area contributed by atoms with Gasteiger partial charge in [-0.25, -0.2) is 8.42 Å². The number of rotatable bonds is 8. The van der Waals surface area contributed by atoms with Crippen LogP contribution in [0.1, 0.15) is 29.5 Å². The number of benzene rings is 1.